The number of benzene rings is 4. The van der Waals surface area contributed by atoms with Crippen molar-refractivity contribution in [3.63, 3.8) is 0 Å². The zero-order valence-electron chi connectivity index (χ0n) is 24.5. The Hall–Kier alpha value is -2.61. The van der Waals surface area contributed by atoms with Gasteiger partial charge in [0.1, 0.15) is 22.5 Å². The van der Waals surface area contributed by atoms with E-state index in [0.29, 0.717) is 43.8 Å². The maximum atomic E-state index is 15.0. The fourth-order valence-corrected chi connectivity index (χ4v) is 6.28. The summed E-state index contributed by atoms with van der Waals surface area (Å²) >= 11 is 36.5. The largest absolute Gasteiger partial charge is 0.453 e. The van der Waals surface area contributed by atoms with E-state index in [-0.39, 0.29) is 51.0 Å². The van der Waals surface area contributed by atoms with Crippen LogP contribution in [-0.2, 0) is 19.5 Å². The van der Waals surface area contributed by atoms with Crippen molar-refractivity contribution in [2.75, 3.05) is 0 Å². The molecule has 252 valence electrons. The SMILES string of the molecule is CCc1nc(C(=O)NCc2ccc(Cl)c(Oc3cc(Cl)cc(Br)c3)c2F)c(Cl)[nH]1.NCc1ccc(Cl)c(Oc2cc(Cl)cc(Br)c2)c1F. The first-order valence-corrected chi connectivity index (χ1v) is 17.2. The molecular formula is C32H23Br2Cl5F2N4O3. The average molecular weight is 887 g/mol. The van der Waals surface area contributed by atoms with Crippen LogP contribution >= 0.6 is 89.9 Å². The summed E-state index contributed by atoms with van der Waals surface area (Å²) in [6.45, 7) is 1.83. The Balaban J connectivity index is 0.000000237. The van der Waals surface area contributed by atoms with Gasteiger partial charge in [0.25, 0.3) is 5.91 Å². The van der Waals surface area contributed by atoms with E-state index in [1.807, 2.05) is 6.92 Å². The summed E-state index contributed by atoms with van der Waals surface area (Å²) in [6, 6.07) is 15.8. The number of carbonyl (C=O) groups excluding carboxylic acids is 1. The molecule has 48 heavy (non-hydrogen) atoms. The first kappa shape index (κ1) is 38.2. The molecule has 4 aromatic carbocycles. The van der Waals surface area contributed by atoms with Crippen LogP contribution in [0.1, 0.15) is 34.4 Å². The highest BCUT2D eigenvalue weighted by atomic mass is 79.9. The molecule has 0 aliphatic rings. The third kappa shape index (κ3) is 9.98. The quantitative estimate of drug-likeness (QED) is 0.137. The van der Waals surface area contributed by atoms with Gasteiger partial charge in [-0.05, 0) is 48.5 Å². The number of imidazole rings is 1. The molecule has 4 N–H and O–H groups in total. The summed E-state index contributed by atoms with van der Waals surface area (Å²) in [5.41, 5.74) is 6.01. The fraction of sp³-hybridized carbons (Fsp3) is 0.125. The van der Waals surface area contributed by atoms with Gasteiger partial charge in [-0.15, -0.1) is 0 Å². The molecule has 0 radical (unpaired) electrons. The molecule has 0 fully saturated rings. The Kier molecular flexibility index (Phi) is 13.8. The smallest absolute Gasteiger partial charge is 0.273 e. The van der Waals surface area contributed by atoms with E-state index in [9.17, 15) is 13.6 Å². The topological polar surface area (TPSA) is 102 Å². The number of aryl methyl sites for hydroxylation is 1. The number of hydrogen-bond acceptors (Lipinski definition) is 5. The molecule has 0 spiro atoms. The molecule has 16 heteroatoms. The molecule has 0 aliphatic heterocycles. The zero-order valence-corrected chi connectivity index (χ0v) is 31.5. The molecule has 1 heterocycles. The second-order valence-electron chi connectivity index (χ2n) is 9.70. The Morgan fingerprint density at radius 3 is 1.79 bits per heavy atom. The van der Waals surface area contributed by atoms with Crippen LogP contribution in [0.25, 0.3) is 0 Å². The van der Waals surface area contributed by atoms with Crippen molar-refractivity contribution in [3.8, 4) is 23.0 Å². The lowest BCUT2D eigenvalue weighted by atomic mass is 10.2. The Labute approximate surface area is 316 Å². The molecule has 0 bridgehead atoms. The van der Waals surface area contributed by atoms with E-state index in [1.54, 1.807) is 36.4 Å². The number of amides is 1. The van der Waals surface area contributed by atoms with Crippen LogP contribution in [-0.4, -0.2) is 15.9 Å². The van der Waals surface area contributed by atoms with E-state index < -0.39 is 17.5 Å². The van der Waals surface area contributed by atoms with Crippen LogP contribution in [0, 0.1) is 11.6 Å². The maximum absolute atomic E-state index is 15.0. The molecule has 1 amide bonds. The summed E-state index contributed by atoms with van der Waals surface area (Å²) in [5.74, 6) is -0.737. The number of ether oxygens (including phenoxy) is 2. The van der Waals surface area contributed by atoms with Crippen molar-refractivity contribution >= 4 is 95.8 Å². The summed E-state index contributed by atoms with van der Waals surface area (Å²) < 4.78 is 41.5. The van der Waals surface area contributed by atoms with Crippen molar-refractivity contribution < 1.29 is 23.0 Å². The predicted octanol–water partition coefficient (Wildman–Crippen LogP) is 11.7. The second kappa shape index (κ2) is 17.4. The molecule has 0 atom stereocenters. The molecule has 0 aliphatic carbocycles. The monoisotopic (exact) mass is 882 g/mol. The van der Waals surface area contributed by atoms with Crippen LogP contribution < -0.4 is 20.5 Å². The molecule has 0 saturated carbocycles. The molecule has 0 unspecified atom stereocenters. The number of H-pyrrole nitrogens is 1. The third-order valence-electron chi connectivity index (χ3n) is 6.29. The van der Waals surface area contributed by atoms with Crippen LogP contribution in [0.5, 0.6) is 23.0 Å². The zero-order chi connectivity index (χ0) is 35.1. The van der Waals surface area contributed by atoms with Crippen LogP contribution in [0.15, 0.2) is 69.6 Å². The number of nitrogens with two attached hydrogens (primary N) is 1. The van der Waals surface area contributed by atoms with E-state index in [2.05, 4.69) is 47.1 Å². The number of halogens is 9. The van der Waals surface area contributed by atoms with Crippen molar-refractivity contribution in [2.24, 2.45) is 5.73 Å². The Bertz CT molecular complexity index is 1930. The number of hydrogen-bond donors (Lipinski definition) is 3. The average Bonchev–Trinajstić information content (AvgIpc) is 3.41. The molecular weight excluding hydrogens is 863 g/mol. The Morgan fingerprint density at radius 1 is 0.833 bits per heavy atom. The number of carbonyl (C=O) groups is 1. The minimum atomic E-state index is -0.698. The van der Waals surface area contributed by atoms with Gasteiger partial charge in [-0.2, -0.15) is 0 Å². The second-order valence-corrected chi connectivity index (χ2v) is 13.6. The number of aromatic nitrogens is 2. The maximum Gasteiger partial charge on any atom is 0.273 e. The Morgan fingerprint density at radius 2 is 1.33 bits per heavy atom. The lowest BCUT2D eigenvalue weighted by molar-refractivity contribution is 0.0946. The van der Waals surface area contributed by atoms with E-state index >= 15 is 0 Å². The highest BCUT2D eigenvalue weighted by Crippen LogP contribution is 2.37. The van der Waals surface area contributed by atoms with Crippen LogP contribution in [0.2, 0.25) is 25.2 Å². The first-order valence-electron chi connectivity index (χ1n) is 13.7. The van der Waals surface area contributed by atoms with Gasteiger partial charge in [0, 0.05) is 49.6 Å². The normalized spacial score (nSPS) is 10.7. The summed E-state index contributed by atoms with van der Waals surface area (Å²) in [7, 11) is 0. The minimum absolute atomic E-state index is 0.0538. The molecule has 7 nitrogen and oxygen atoms in total. The van der Waals surface area contributed by atoms with E-state index in [0.717, 1.165) is 4.47 Å². The first-order chi connectivity index (χ1) is 22.8. The van der Waals surface area contributed by atoms with Gasteiger partial charge in [0.15, 0.2) is 28.8 Å². The van der Waals surface area contributed by atoms with Crippen LogP contribution in [0.3, 0.4) is 0 Å². The van der Waals surface area contributed by atoms with Crippen molar-refractivity contribution in [3.05, 3.63) is 129 Å². The summed E-state index contributed by atoms with van der Waals surface area (Å²) in [6.07, 6.45) is 0.596. The van der Waals surface area contributed by atoms with Crippen molar-refractivity contribution in [1.82, 2.24) is 15.3 Å². The van der Waals surface area contributed by atoms with Crippen molar-refractivity contribution in [2.45, 2.75) is 26.4 Å². The summed E-state index contributed by atoms with van der Waals surface area (Å²) in [5, 5.41) is 3.86. The molecule has 1 aromatic heterocycles. The number of nitrogens with one attached hydrogen (secondary N) is 2. The van der Waals surface area contributed by atoms with Crippen LogP contribution in [0.4, 0.5) is 8.78 Å². The van der Waals surface area contributed by atoms with Gasteiger partial charge in [0.05, 0.1) is 10.0 Å². The highest BCUT2D eigenvalue weighted by molar-refractivity contribution is 9.10. The third-order valence-corrected chi connectivity index (χ3v) is 8.51. The molecule has 0 saturated heterocycles. The van der Waals surface area contributed by atoms with Gasteiger partial charge in [-0.1, -0.05) is 109 Å². The lowest BCUT2D eigenvalue weighted by Gasteiger charge is -2.13. The summed E-state index contributed by atoms with van der Waals surface area (Å²) in [4.78, 5) is 19.2. The standard InChI is InChI=1S/C19H14BrCl3FN3O2.C13H9BrCl2FNO/c1-2-14-26-16(18(23)27-14)19(28)25-8-9-3-4-13(22)17(15(9)24)29-12-6-10(20)5-11(21)7-12;14-8-3-9(15)5-10(4-8)19-13-11(16)2-1-7(6-18)12(13)17/h3-7H,2,8H2,1H3,(H,25,28)(H,26,27);1-5H,6,18H2. The lowest BCUT2D eigenvalue weighted by Crippen LogP contribution is -2.24. The highest BCUT2D eigenvalue weighted by Gasteiger charge is 2.19. The number of aromatic amines is 1. The van der Waals surface area contributed by atoms with E-state index in [4.69, 9.17) is 73.2 Å². The van der Waals surface area contributed by atoms with Crippen molar-refractivity contribution in [1.29, 1.82) is 0 Å². The van der Waals surface area contributed by atoms with Gasteiger partial charge in [-0.3, -0.25) is 4.79 Å². The van der Waals surface area contributed by atoms with Gasteiger partial charge in [-0.25, -0.2) is 13.8 Å². The molecule has 5 rings (SSSR count). The number of nitrogens with zero attached hydrogens (tertiary/aromatic N) is 1. The fourth-order valence-electron chi connectivity index (χ4n) is 4.01. The van der Waals surface area contributed by atoms with Gasteiger partial charge >= 0.3 is 0 Å². The molecule has 5 aromatic rings. The number of rotatable bonds is 9. The van der Waals surface area contributed by atoms with Gasteiger partial charge in [0.2, 0.25) is 0 Å². The van der Waals surface area contributed by atoms with E-state index in [1.165, 1.54) is 24.3 Å². The van der Waals surface area contributed by atoms with Gasteiger partial charge < -0.3 is 25.5 Å². The minimum Gasteiger partial charge on any atom is -0.453 e. The predicted molar refractivity (Wildman–Crippen MR) is 193 cm³/mol.